The summed E-state index contributed by atoms with van der Waals surface area (Å²) in [6.45, 7) is 6.18. The number of nitrogens with zero attached hydrogens (tertiary/aromatic N) is 3. The van der Waals surface area contributed by atoms with E-state index in [-0.39, 0.29) is 18.2 Å². The molecule has 4 rings (SSSR count). The summed E-state index contributed by atoms with van der Waals surface area (Å²) in [5.41, 5.74) is 7.17. The highest BCUT2D eigenvalue weighted by molar-refractivity contribution is 5.89. The molecule has 2 aliphatic rings. The minimum Gasteiger partial charge on any atom is -0.432 e. The van der Waals surface area contributed by atoms with Crippen molar-refractivity contribution < 1.29 is 19.0 Å². The highest BCUT2D eigenvalue weighted by Gasteiger charge is 2.25. The fraction of sp³-hybridized carbons (Fsp3) is 0.450. The number of hydrogen-bond donors (Lipinski definition) is 3. The van der Waals surface area contributed by atoms with Crippen molar-refractivity contribution in [3.8, 4) is 0 Å². The number of fused-ring (bicyclic) bond motifs is 1. The number of anilines is 3. The van der Waals surface area contributed by atoms with Crippen molar-refractivity contribution in [1.29, 1.82) is 0 Å². The van der Waals surface area contributed by atoms with Crippen LogP contribution in [0, 0.1) is 0 Å². The molecule has 1 saturated heterocycles. The van der Waals surface area contributed by atoms with Crippen LogP contribution in [0.25, 0.3) is 0 Å². The molecule has 11 nitrogen and oxygen atoms in total. The number of esters is 1. The van der Waals surface area contributed by atoms with Crippen LogP contribution in [0.15, 0.2) is 29.1 Å². The van der Waals surface area contributed by atoms with Gasteiger partial charge in [-0.15, -0.1) is 0 Å². The van der Waals surface area contributed by atoms with E-state index in [0.29, 0.717) is 23.7 Å². The third kappa shape index (κ3) is 5.13. The number of nitrogens with two attached hydrogens (primary N) is 1. The normalized spacial score (nSPS) is 17.1. The number of rotatable bonds is 7. The molecule has 1 aromatic heterocycles. The number of aromatic nitrogens is 2. The summed E-state index contributed by atoms with van der Waals surface area (Å²) < 4.78 is 16.3. The van der Waals surface area contributed by atoms with E-state index in [4.69, 9.17) is 19.9 Å². The third-order valence-electron chi connectivity index (χ3n) is 5.10. The molecule has 1 fully saturated rings. The maximum Gasteiger partial charge on any atom is 0.340 e. The standard InChI is InChI=1S/C20H26N6O5/c1-13(30-12-26-11-22-16-17(26)23-20(21)24-18(16)27)31-19(28)15-4-2-14(3-5-15)10-25-6-8-29-9-7-25/h2-5,13,22H,6-12H2,1H3,(H3,21,23,24,27). The predicted molar refractivity (Wildman–Crippen MR) is 114 cm³/mol. The Morgan fingerprint density at radius 3 is 2.77 bits per heavy atom. The van der Waals surface area contributed by atoms with Crippen LogP contribution in [0.4, 0.5) is 17.5 Å². The summed E-state index contributed by atoms with van der Waals surface area (Å²) >= 11 is 0. The maximum atomic E-state index is 12.4. The molecule has 1 unspecified atom stereocenters. The first-order valence-electron chi connectivity index (χ1n) is 10.1. The van der Waals surface area contributed by atoms with Gasteiger partial charge in [0.25, 0.3) is 5.56 Å². The Kier molecular flexibility index (Phi) is 6.35. The van der Waals surface area contributed by atoms with Crippen molar-refractivity contribution in [2.75, 3.05) is 55.7 Å². The Hall–Kier alpha value is -3.15. The molecule has 166 valence electrons. The second kappa shape index (κ2) is 9.33. The number of nitrogen functional groups attached to an aromatic ring is 1. The number of carbonyl (C=O) groups excluding carboxylic acids is 1. The van der Waals surface area contributed by atoms with Gasteiger partial charge in [0.15, 0.2) is 5.82 Å². The highest BCUT2D eigenvalue weighted by Crippen LogP contribution is 2.25. The zero-order valence-corrected chi connectivity index (χ0v) is 17.3. The number of aromatic amines is 1. The number of carbonyl (C=O) groups is 1. The predicted octanol–water partition coefficient (Wildman–Crippen LogP) is 0.551. The van der Waals surface area contributed by atoms with Crippen LogP contribution < -0.4 is 21.5 Å². The largest absolute Gasteiger partial charge is 0.432 e. The van der Waals surface area contributed by atoms with Crippen molar-refractivity contribution in [3.05, 3.63) is 45.7 Å². The number of nitrogens with one attached hydrogen (secondary N) is 2. The maximum absolute atomic E-state index is 12.4. The van der Waals surface area contributed by atoms with Crippen molar-refractivity contribution in [1.82, 2.24) is 14.9 Å². The van der Waals surface area contributed by atoms with E-state index in [1.165, 1.54) is 0 Å². The van der Waals surface area contributed by atoms with Crippen LogP contribution in [0.1, 0.15) is 22.8 Å². The summed E-state index contributed by atoms with van der Waals surface area (Å²) in [7, 11) is 0. The Balaban J connectivity index is 1.27. The van der Waals surface area contributed by atoms with E-state index >= 15 is 0 Å². The van der Waals surface area contributed by atoms with E-state index in [2.05, 4.69) is 20.2 Å². The van der Waals surface area contributed by atoms with E-state index in [1.54, 1.807) is 24.0 Å². The van der Waals surface area contributed by atoms with Crippen molar-refractivity contribution in [3.63, 3.8) is 0 Å². The molecule has 2 aliphatic heterocycles. The monoisotopic (exact) mass is 430 g/mol. The first-order valence-corrected chi connectivity index (χ1v) is 10.1. The molecule has 1 atom stereocenters. The minimum absolute atomic E-state index is 0.0222. The zero-order chi connectivity index (χ0) is 21.8. The lowest BCUT2D eigenvalue weighted by Crippen LogP contribution is -2.35. The van der Waals surface area contributed by atoms with Crippen LogP contribution in [-0.4, -0.2) is 66.8 Å². The number of benzene rings is 1. The SMILES string of the molecule is CC(OCN1CNc2c1nc(N)[nH]c2=O)OC(=O)c1ccc(CN2CCOCC2)cc1. The van der Waals surface area contributed by atoms with Gasteiger partial charge in [0.1, 0.15) is 12.4 Å². The molecule has 0 aliphatic carbocycles. The van der Waals surface area contributed by atoms with Crippen LogP contribution >= 0.6 is 0 Å². The van der Waals surface area contributed by atoms with Gasteiger partial charge in [-0.25, -0.2) is 4.79 Å². The average molecular weight is 430 g/mol. The van der Waals surface area contributed by atoms with Gasteiger partial charge in [0.05, 0.1) is 25.4 Å². The summed E-state index contributed by atoms with van der Waals surface area (Å²) in [5.74, 6) is -0.0474. The molecule has 0 saturated carbocycles. The molecule has 1 aromatic carbocycles. The van der Waals surface area contributed by atoms with Gasteiger partial charge in [0, 0.05) is 19.6 Å². The highest BCUT2D eigenvalue weighted by atomic mass is 16.7. The van der Waals surface area contributed by atoms with Gasteiger partial charge in [-0.1, -0.05) is 12.1 Å². The van der Waals surface area contributed by atoms with Gasteiger partial charge in [-0.2, -0.15) is 4.98 Å². The molecule has 0 radical (unpaired) electrons. The van der Waals surface area contributed by atoms with Gasteiger partial charge >= 0.3 is 5.97 Å². The lowest BCUT2D eigenvalue weighted by atomic mass is 10.1. The quantitative estimate of drug-likeness (QED) is 0.422. The molecule has 0 bridgehead atoms. The summed E-state index contributed by atoms with van der Waals surface area (Å²) in [6.07, 6.45) is -0.788. The number of hydrogen-bond acceptors (Lipinski definition) is 10. The fourth-order valence-corrected chi connectivity index (χ4v) is 3.43. The Labute approximate surface area is 179 Å². The summed E-state index contributed by atoms with van der Waals surface area (Å²) in [6, 6.07) is 7.37. The molecular weight excluding hydrogens is 404 g/mol. The van der Waals surface area contributed by atoms with E-state index in [9.17, 15) is 9.59 Å². The molecule has 4 N–H and O–H groups in total. The van der Waals surface area contributed by atoms with Crippen LogP contribution in [-0.2, 0) is 20.8 Å². The molecule has 11 heteroatoms. The van der Waals surface area contributed by atoms with E-state index in [0.717, 1.165) is 38.4 Å². The Bertz CT molecular complexity index is 973. The third-order valence-corrected chi connectivity index (χ3v) is 5.10. The van der Waals surface area contributed by atoms with E-state index < -0.39 is 12.3 Å². The number of morpholine rings is 1. The Morgan fingerprint density at radius 1 is 1.29 bits per heavy atom. The van der Waals surface area contributed by atoms with Crippen molar-refractivity contribution >= 4 is 23.4 Å². The lowest BCUT2D eigenvalue weighted by molar-refractivity contribution is -0.0972. The van der Waals surface area contributed by atoms with Crippen LogP contribution in [0.5, 0.6) is 0 Å². The van der Waals surface area contributed by atoms with Gasteiger partial charge in [0.2, 0.25) is 12.2 Å². The first kappa shape index (κ1) is 21.1. The molecule has 0 amide bonds. The second-order valence-electron chi connectivity index (χ2n) is 7.38. The van der Waals surface area contributed by atoms with Crippen LogP contribution in [0.2, 0.25) is 0 Å². The first-order chi connectivity index (χ1) is 15.0. The number of ether oxygens (including phenoxy) is 3. The second-order valence-corrected chi connectivity index (χ2v) is 7.38. The minimum atomic E-state index is -0.788. The molecule has 2 aromatic rings. The van der Waals surface area contributed by atoms with Gasteiger partial charge in [-0.3, -0.25) is 14.7 Å². The molecule has 3 heterocycles. The smallest absolute Gasteiger partial charge is 0.340 e. The van der Waals surface area contributed by atoms with Crippen molar-refractivity contribution in [2.45, 2.75) is 19.8 Å². The topological polar surface area (TPSA) is 135 Å². The fourth-order valence-electron chi connectivity index (χ4n) is 3.43. The zero-order valence-electron chi connectivity index (χ0n) is 17.3. The number of H-pyrrole nitrogens is 1. The summed E-state index contributed by atoms with van der Waals surface area (Å²) in [4.78, 5) is 34.8. The van der Waals surface area contributed by atoms with Gasteiger partial charge in [-0.05, 0) is 24.6 Å². The van der Waals surface area contributed by atoms with Gasteiger partial charge < -0.3 is 30.2 Å². The van der Waals surface area contributed by atoms with Crippen LogP contribution in [0.3, 0.4) is 0 Å². The van der Waals surface area contributed by atoms with E-state index in [1.807, 2.05) is 12.1 Å². The lowest BCUT2D eigenvalue weighted by Gasteiger charge is -2.26. The summed E-state index contributed by atoms with van der Waals surface area (Å²) in [5, 5.41) is 2.94. The Morgan fingerprint density at radius 2 is 2.03 bits per heavy atom. The molecule has 0 spiro atoms. The molecule has 31 heavy (non-hydrogen) atoms. The average Bonchev–Trinajstić information content (AvgIpc) is 3.16. The molecular formula is C20H26N6O5. The van der Waals surface area contributed by atoms with Crippen molar-refractivity contribution in [2.24, 2.45) is 0 Å².